The summed E-state index contributed by atoms with van der Waals surface area (Å²) in [7, 11) is 0. The van der Waals surface area contributed by atoms with Gasteiger partial charge in [0.15, 0.2) is 12.4 Å². The first-order valence-corrected chi connectivity index (χ1v) is 5.25. The number of hydrogen-bond acceptors (Lipinski definition) is 6. The lowest BCUT2D eigenvalue weighted by atomic mass is 10.2. The number of nitro benzene ring substituents is 1. The smallest absolute Gasteiger partial charge is 0.344 e. The molecule has 0 heterocycles. The Bertz CT molecular complexity index is 445. The molecule has 1 aromatic rings. The highest BCUT2D eigenvalue weighted by atomic mass is 16.6. The molecule has 0 fully saturated rings. The predicted octanol–water partition coefficient (Wildman–Crippen LogP) is 1.03. The van der Waals surface area contributed by atoms with E-state index in [-0.39, 0.29) is 24.7 Å². The fourth-order valence-electron chi connectivity index (χ4n) is 1.27. The van der Waals surface area contributed by atoms with Crippen molar-refractivity contribution in [3.05, 3.63) is 33.9 Å². The van der Waals surface area contributed by atoms with Crippen LogP contribution in [0.15, 0.2) is 18.2 Å². The number of carbonyl (C=O) groups is 1. The highest BCUT2D eigenvalue weighted by Gasteiger charge is 2.17. The minimum absolute atomic E-state index is 0.0368. The van der Waals surface area contributed by atoms with Gasteiger partial charge in [0.25, 0.3) is 0 Å². The first kappa shape index (κ1) is 13.9. The maximum Gasteiger partial charge on any atom is 0.344 e. The van der Waals surface area contributed by atoms with E-state index in [0.717, 1.165) is 0 Å². The lowest BCUT2D eigenvalue weighted by Gasteiger charge is -2.07. The minimum Gasteiger partial charge on any atom is -0.475 e. The molecule has 0 aliphatic heterocycles. The summed E-state index contributed by atoms with van der Waals surface area (Å²) < 4.78 is 9.65. The Morgan fingerprint density at radius 3 is 2.78 bits per heavy atom. The molecule has 0 radical (unpaired) electrons. The number of nitrogens with zero attached hydrogens (tertiary/aromatic N) is 1. The molecule has 0 bridgehead atoms. The third-order valence-corrected chi connectivity index (χ3v) is 2.05. The quantitative estimate of drug-likeness (QED) is 0.463. The van der Waals surface area contributed by atoms with Crippen molar-refractivity contribution in [1.82, 2.24) is 0 Å². The Morgan fingerprint density at radius 1 is 1.50 bits per heavy atom. The maximum absolute atomic E-state index is 11.1. The van der Waals surface area contributed by atoms with Crippen LogP contribution in [0.2, 0.25) is 0 Å². The van der Waals surface area contributed by atoms with Gasteiger partial charge in [0, 0.05) is 6.07 Å². The molecule has 18 heavy (non-hydrogen) atoms. The Labute approximate surface area is 103 Å². The largest absolute Gasteiger partial charge is 0.475 e. The summed E-state index contributed by atoms with van der Waals surface area (Å²) >= 11 is 0. The van der Waals surface area contributed by atoms with Gasteiger partial charge in [-0.15, -0.1) is 0 Å². The Kier molecular flexibility index (Phi) is 5.06. The van der Waals surface area contributed by atoms with Crippen molar-refractivity contribution in [2.45, 2.75) is 13.5 Å². The van der Waals surface area contributed by atoms with Crippen LogP contribution in [0.4, 0.5) is 5.69 Å². The van der Waals surface area contributed by atoms with Gasteiger partial charge in [-0.2, -0.15) is 0 Å². The summed E-state index contributed by atoms with van der Waals surface area (Å²) in [5.74, 6) is -0.636. The van der Waals surface area contributed by atoms with Gasteiger partial charge in [-0.05, 0) is 18.6 Å². The first-order valence-electron chi connectivity index (χ1n) is 5.25. The van der Waals surface area contributed by atoms with E-state index in [4.69, 9.17) is 9.84 Å². The SMILES string of the molecule is CCOC(=O)COc1ccc(CO)cc1[N+](=O)[O-]. The molecular weight excluding hydrogens is 242 g/mol. The zero-order valence-electron chi connectivity index (χ0n) is 9.79. The van der Waals surface area contributed by atoms with Crippen LogP contribution in [0.5, 0.6) is 5.75 Å². The Balaban J connectivity index is 2.81. The van der Waals surface area contributed by atoms with Gasteiger partial charge in [-0.3, -0.25) is 10.1 Å². The number of carbonyl (C=O) groups excluding carboxylic acids is 1. The van der Waals surface area contributed by atoms with Crippen LogP contribution >= 0.6 is 0 Å². The molecule has 0 unspecified atom stereocenters. The van der Waals surface area contributed by atoms with Crippen molar-refractivity contribution in [2.24, 2.45) is 0 Å². The normalized spacial score (nSPS) is 9.89. The van der Waals surface area contributed by atoms with Crippen molar-refractivity contribution in [3.8, 4) is 5.75 Å². The average Bonchev–Trinajstić information content (AvgIpc) is 2.36. The number of ether oxygens (including phenoxy) is 2. The van der Waals surface area contributed by atoms with Gasteiger partial charge in [0.2, 0.25) is 0 Å². The van der Waals surface area contributed by atoms with Crippen molar-refractivity contribution in [1.29, 1.82) is 0 Å². The molecule has 0 aromatic heterocycles. The van der Waals surface area contributed by atoms with Crippen LogP contribution in [0.25, 0.3) is 0 Å². The van der Waals surface area contributed by atoms with Crippen LogP contribution < -0.4 is 4.74 Å². The number of rotatable bonds is 6. The molecule has 7 nitrogen and oxygen atoms in total. The van der Waals surface area contributed by atoms with E-state index in [0.29, 0.717) is 5.56 Å². The Hall–Kier alpha value is -2.15. The molecule has 0 amide bonds. The van der Waals surface area contributed by atoms with E-state index in [1.165, 1.54) is 18.2 Å². The summed E-state index contributed by atoms with van der Waals surface area (Å²) in [6.07, 6.45) is 0. The standard InChI is InChI=1S/C11H13NO6/c1-2-17-11(14)7-18-10-4-3-8(6-13)5-9(10)12(15)16/h3-5,13H,2,6-7H2,1H3. The summed E-state index contributed by atoms with van der Waals surface area (Å²) in [6.45, 7) is 1.16. The molecule has 0 aliphatic rings. The van der Waals surface area contributed by atoms with Crippen LogP contribution in [0.3, 0.4) is 0 Å². The van der Waals surface area contributed by atoms with Crippen molar-refractivity contribution in [3.63, 3.8) is 0 Å². The van der Waals surface area contributed by atoms with Crippen molar-refractivity contribution < 1.29 is 24.3 Å². The molecule has 1 rings (SSSR count). The number of hydrogen-bond donors (Lipinski definition) is 1. The molecule has 1 N–H and O–H groups in total. The second-order valence-electron chi connectivity index (χ2n) is 3.31. The highest BCUT2D eigenvalue weighted by molar-refractivity contribution is 5.71. The van der Waals surface area contributed by atoms with Gasteiger partial charge in [-0.25, -0.2) is 4.79 Å². The lowest BCUT2D eigenvalue weighted by Crippen LogP contribution is -2.15. The molecule has 1 aromatic carbocycles. The third kappa shape index (κ3) is 3.70. The van der Waals surface area contributed by atoms with E-state index in [1.807, 2.05) is 0 Å². The molecule has 0 saturated heterocycles. The third-order valence-electron chi connectivity index (χ3n) is 2.05. The summed E-state index contributed by atoms with van der Waals surface area (Å²) in [5.41, 5.74) is 0.0935. The number of esters is 1. The molecule has 7 heteroatoms. The zero-order valence-corrected chi connectivity index (χ0v) is 9.79. The maximum atomic E-state index is 11.1. The van der Waals surface area contributed by atoms with Gasteiger partial charge >= 0.3 is 11.7 Å². The molecule has 0 spiro atoms. The number of aliphatic hydroxyl groups excluding tert-OH is 1. The summed E-state index contributed by atoms with van der Waals surface area (Å²) in [4.78, 5) is 21.2. The van der Waals surface area contributed by atoms with E-state index in [9.17, 15) is 14.9 Å². The van der Waals surface area contributed by atoms with E-state index in [2.05, 4.69) is 4.74 Å². The topological polar surface area (TPSA) is 98.9 Å². The minimum atomic E-state index is -0.639. The zero-order chi connectivity index (χ0) is 13.5. The van der Waals surface area contributed by atoms with Crippen molar-refractivity contribution in [2.75, 3.05) is 13.2 Å². The molecular formula is C11H13NO6. The lowest BCUT2D eigenvalue weighted by molar-refractivity contribution is -0.385. The highest BCUT2D eigenvalue weighted by Crippen LogP contribution is 2.27. The van der Waals surface area contributed by atoms with E-state index < -0.39 is 17.5 Å². The van der Waals surface area contributed by atoms with Crippen molar-refractivity contribution >= 4 is 11.7 Å². The van der Waals surface area contributed by atoms with Crippen LogP contribution in [-0.4, -0.2) is 29.2 Å². The second-order valence-corrected chi connectivity index (χ2v) is 3.31. The van der Waals surface area contributed by atoms with Crippen LogP contribution in [0, 0.1) is 10.1 Å². The van der Waals surface area contributed by atoms with Crippen LogP contribution in [0.1, 0.15) is 12.5 Å². The monoisotopic (exact) mass is 255 g/mol. The summed E-state index contributed by atoms with van der Waals surface area (Å²) in [5, 5.41) is 19.7. The number of aliphatic hydroxyl groups is 1. The van der Waals surface area contributed by atoms with Crippen LogP contribution in [-0.2, 0) is 16.1 Å². The van der Waals surface area contributed by atoms with E-state index in [1.54, 1.807) is 6.92 Å². The number of benzene rings is 1. The van der Waals surface area contributed by atoms with Gasteiger partial charge in [-0.1, -0.05) is 6.07 Å². The first-order chi connectivity index (χ1) is 8.58. The Morgan fingerprint density at radius 2 is 2.22 bits per heavy atom. The number of nitro groups is 1. The van der Waals surface area contributed by atoms with E-state index >= 15 is 0 Å². The second kappa shape index (κ2) is 6.55. The molecule has 0 atom stereocenters. The molecule has 0 saturated carbocycles. The molecule has 0 aliphatic carbocycles. The van der Waals surface area contributed by atoms with Gasteiger partial charge in [0.1, 0.15) is 0 Å². The van der Waals surface area contributed by atoms with Gasteiger partial charge in [0.05, 0.1) is 18.1 Å². The predicted molar refractivity (Wildman–Crippen MR) is 61.1 cm³/mol. The molecule has 98 valence electrons. The average molecular weight is 255 g/mol. The fourth-order valence-corrected chi connectivity index (χ4v) is 1.27. The summed E-state index contributed by atoms with van der Waals surface area (Å²) in [6, 6.07) is 4.01. The fraction of sp³-hybridized carbons (Fsp3) is 0.364. The van der Waals surface area contributed by atoms with Gasteiger partial charge < -0.3 is 14.6 Å².